The molecule has 0 heterocycles. The highest BCUT2D eigenvalue weighted by Gasteiger charge is 2.11. The largest absolute Gasteiger partial charge is 0.481 e. The lowest BCUT2D eigenvalue weighted by molar-refractivity contribution is -0.137. The summed E-state index contributed by atoms with van der Waals surface area (Å²) in [7, 11) is 1.74. The normalized spacial score (nSPS) is 11.9. The third-order valence-electron chi connectivity index (χ3n) is 2.50. The molecule has 0 aliphatic carbocycles. The Balaban J connectivity index is 2.61. The quantitative estimate of drug-likeness (QED) is 0.587. The van der Waals surface area contributed by atoms with Gasteiger partial charge in [-0.15, -0.1) is 0 Å². The molecule has 0 bridgehead atoms. The number of ether oxygens (including phenoxy) is 1. The van der Waals surface area contributed by atoms with Gasteiger partial charge in [-0.05, 0) is 31.2 Å². The summed E-state index contributed by atoms with van der Waals surface area (Å²) in [5.41, 5.74) is 0.992. The fourth-order valence-corrected chi connectivity index (χ4v) is 1.63. The minimum Gasteiger partial charge on any atom is -0.481 e. The standard InChI is InChI=1S/C13H17NO4/c1-9(15)18-12-5-3-10(4-6-12)7-11(14-2)8-13(16)17/h3-6,11,14H,7-8H2,1-2H3,(H,16,17)/t11-/m0/s1. The van der Waals surface area contributed by atoms with Gasteiger partial charge in [0, 0.05) is 13.0 Å². The zero-order chi connectivity index (χ0) is 13.5. The molecule has 5 nitrogen and oxygen atoms in total. The van der Waals surface area contributed by atoms with Crippen LogP contribution in [0.2, 0.25) is 0 Å². The van der Waals surface area contributed by atoms with E-state index in [1.807, 2.05) is 12.1 Å². The highest BCUT2D eigenvalue weighted by molar-refractivity contribution is 5.69. The molecule has 1 rings (SSSR count). The number of nitrogens with one attached hydrogen (secondary N) is 1. The first-order valence-electron chi connectivity index (χ1n) is 5.67. The van der Waals surface area contributed by atoms with Gasteiger partial charge in [-0.2, -0.15) is 0 Å². The van der Waals surface area contributed by atoms with E-state index < -0.39 is 5.97 Å². The summed E-state index contributed by atoms with van der Waals surface area (Å²) in [4.78, 5) is 21.4. The first-order chi connectivity index (χ1) is 8.51. The van der Waals surface area contributed by atoms with Crippen molar-refractivity contribution in [2.75, 3.05) is 7.05 Å². The second-order valence-corrected chi connectivity index (χ2v) is 4.03. The molecule has 0 aliphatic rings. The summed E-state index contributed by atoms with van der Waals surface area (Å²) in [6, 6.07) is 6.94. The van der Waals surface area contributed by atoms with Crippen LogP contribution < -0.4 is 10.1 Å². The molecule has 0 aliphatic heterocycles. The van der Waals surface area contributed by atoms with Crippen LogP contribution in [0.4, 0.5) is 0 Å². The van der Waals surface area contributed by atoms with Crippen molar-refractivity contribution in [2.24, 2.45) is 0 Å². The second kappa shape index (κ2) is 6.76. The predicted octanol–water partition coefficient (Wildman–Crippen LogP) is 1.22. The van der Waals surface area contributed by atoms with Crippen molar-refractivity contribution in [3.63, 3.8) is 0 Å². The van der Waals surface area contributed by atoms with E-state index in [1.165, 1.54) is 6.92 Å². The zero-order valence-corrected chi connectivity index (χ0v) is 10.5. The van der Waals surface area contributed by atoms with E-state index in [1.54, 1.807) is 19.2 Å². The molecule has 0 saturated heterocycles. The fourth-order valence-electron chi connectivity index (χ4n) is 1.63. The number of benzene rings is 1. The molecule has 0 radical (unpaired) electrons. The van der Waals surface area contributed by atoms with E-state index in [0.717, 1.165) is 5.56 Å². The van der Waals surface area contributed by atoms with Crippen molar-refractivity contribution in [1.29, 1.82) is 0 Å². The molecule has 1 aromatic rings. The van der Waals surface area contributed by atoms with Gasteiger partial charge in [0.25, 0.3) is 0 Å². The van der Waals surface area contributed by atoms with Gasteiger partial charge >= 0.3 is 11.9 Å². The number of hydrogen-bond donors (Lipinski definition) is 2. The van der Waals surface area contributed by atoms with E-state index in [0.29, 0.717) is 12.2 Å². The van der Waals surface area contributed by atoms with Gasteiger partial charge in [0.05, 0.1) is 6.42 Å². The van der Waals surface area contributed by atoms with Crippen molar-refractivity contribution in [3.05, 3.63) is 29.8 Å². The van der Waals surface area contributed by atoms with Crippen LogP contribution in [0.3, 0.4) is 0 Å². The lowest BCUT2D eigenvalue weighted by atomic mass is 10.0. The van der Waals surface area contributed by atoms with Crippen LogP contribution in [-0.2, 0) is 16.0 Å². The molecule has 0 saturated carbocycles. The number of aliphatic carboxylic acids is 1. The minimum absolute atomic E-state index is 0.0716. The average molecular weight is 251 g/mol. The third-order valence-corrected chi connectivity index (χ3v) is 2.50. The van der Waals surface area contributed by atoms with Gasteiger partial charge in [-0.3, -0.25) is 9.59 Å². The monoisotopic (exact) mass is 251 g/mol. The van der Waals surface area contributed by atoms with E-state index in [2.05, 4.69) is 5.32 Å². The molecule has 1 aromatic carbocycles. The lowest BCUT2D eigenvalue weighted by Crippen LogP contribution is -2.30. The number of esters is 1. The van der Waals surface area contributed by atoms with Crippen LogP contribution in [0.25, 0.3) is 0 Å². The van der Waals surface area contributed by atoms with Gasteiger partial charge in [-0.1, -0.05) is 12.1 Å². The lowest BCUT2D eigenvalue weighted by Gasteiger charge is -2.13. The number of hydrogen-bond acceptors (Lipinski definition) is 4. The van der Waals surface area contributed by atoms with Crippen molar-refractivity contribution in [2.45, 2.75) is 25.8 Å². The van der Waals surface area contributed by atoms with Gasteiger partial charge in [0.15, 0.2) is 0 Å². The molecule has 0 amide bonds. The van der Waals surface area contributed by atoms with Crippen molar-refractivity contribution >= 4 is 11.9 Å². The van der Waals surface area contributed by atoms with Crippen molar-refractivity contribution < 1.29 is 19.4 Å². The number of rotatable bonds is 6. The van der Waals surface area contributed by atoms with E-state index in [9.17, 15) is 9.59 Å². The molecule has 0 unspecified atom stereocenters. The Labute approximate surface area is 106 Å². The first kappa shape index (κ1) is 14.2. The predicted molar refractivity (Wildman–Crippen MR) is 66.6 cm³/mol. The topological polar surface area (TPSA) is 75.6 Å². The van der Waals surface area contributed by atoms with Gasteiger partial charge < -0.3 is 15.2 Å². The van der Waals surface area contributed by atoms with Crippen LogP contribution in [-0.4, -0.2) is 30.1 Å². The Kier molecular flexibility index (Phi) is 5.32. The molecule has 0 fully saturated rings. The molecule has 0 spiro atoms. The molecule has 1 atom stereocenters. The molecular weight excluding hydrogens is 234 g/mol. The highest BCUT2D eigenvalue weighted by atomic mass is 16.5. The van der Waals surface area contributed by atoms with Crippen LogP contribution in [0, 0.1) is 0 Å². The summed E-state index contributed by atoms with van der Waals surface area (Å²) >= 11 is 0. The Morgan fingerprint density at radius 3 is 2.39 bits per heavy atom. The van der Waals surface area contributed by atoms with Crippen LogP contribution >= 0.6 is 0 Å². The Morgan fingerprint density at radius 2 is 1.94 bits per heavy atom. The maximum atomic E-state index is 10.7. The summed E-state index contributed by atoms with van der Waals surface area (Å²) in [5.74, 6) is -0.696. The summed E-state index contributed by atoms with van der Waals surface area (Å²) in [6.45, 7) is 1.35. The molecule has 98 valence electrons. The van der Waals surface area contributed by atoms with Gasteiger partial charge in [0.1, 0.15) is 5.75 Å². The first-order valence-corrected chi connectivity index (χ1v) is 5.67. The maximum Gasteiger partial charge on any atom is 0.308 e. The Morgan fingerprint density at radius 1 is 1.33 bits per heavy atom. The smallest absolute Gasteiger partial charge is 0.308 e. The summed E-state index contributed by atoms with van der Waals surface area (Å²) in [6.07, 6.45) is 0.686. The Bertz CT molecular complexity index is 414. The molecular formula is C13H17NO4. The van der Waals surface area contributed by atoms with Gasteiger partial charge in [0.2, 0.25) is 0 Å². The average Bonchev–Trinajstić information content (AvgIpc) is 2.29. The molecule has 5 heteroatoms. The molecule has 18 heavy (non-hydrogen) atoms. The maximum absolute atomic E-state index is 10.7. The fraction of sp³-hybridized carbons (Fsp3) is 0.385. The number of carboxylic acids is 1. The highest BCUT2D eigenvalue weighted by Crippen LogP contribution is 2.14. The molecule has 0 aromatic heterocycles. The van der Waals surface area contributed by atoms with Crippen molar-refractivity contribution in [1.82, 2.24) is 5.32 Å². The number of carboxylic acid groups (broad SMARTS) is 1. The van der Waals surface area contributed by atoms with Gasteiger partial charge in [-0.25, -0.2) is 0 Å². The molecule has 2 N–H and O–H groups in total. The van der Waals surface area contributed by atoms with E-state index in [4.69, 9.17) is 9.84 Å². The van der Waals surface area contributed by atoms with Crippen LogP contribution in [0.5, 0.6) is 5.75 Å². The Hall–Kier alpha value is -1.88. The zero-order valence-electron chi connectivity index (χ0n) is 10.5. The summed E-state index contributed by atoms with van der Waals surface area (Å²) in [5, 5.41) is 11.7. The van der Waals surface area contributed by atoms with Crippen molar-refractivity contribution in [3.8, 4) is 5.75 Å². The van der Waals surface area contributed by atoms with Crippen LogP contribution in [0.1, 0.15) is 18.9 Å². The minimum atomic E-state index is -0.828. The second-order valence-electron chi connectivity index (χ2n) is 4.03. The number of carbonyl (C=O) groups excluding carboxylic acids is 1. The van der Waals surface area contributed by atoms with Crippen LogP contribution in [0.15, 0.2) is 24.3 Å². The van der Waals surface area contributed by atoms with E-state index in [-0.39, 0.29) is 18.4 Å². The van der Waals surface area contributed by atoms with E-state index >= 15 is 0 Å². The number of likely N-dealkylation sites (N-methyl/N-ethyl adjacent to an activating group) is 1. The third kappa shape index (κ3) is 4.97. The number of carbonyl (C=O) groups is 2. The SMILES string of the molecule is CN[C@H](CC(=O)O)Cc1ccc(OC(C)=O)cc1. The summed E-state index contributed by atoms with van der Waals surface area (Å²) < 4.78 is 4.92.